The van der Waals surface area contributed by atoms with Crippen molar-refractivity contribution in [3.05, 3.63) is 24.2 Å². The Balaban J connectivity index is 1.64. The minimum atomic E-state index is -0.131. The Labute approximate surface area is 147 Å². The van der Waals surface area contributed by atoms with E-state index in [0.29, 0.717) is 13.1 Å². The second-order valence-corrected chi connectivity index (χ2v) is 6.67. The van der Waals surface area contributed by atoms with Crippen LogP contribution >= 0.6 is 0 Å². The van der Waals surface area contributed by atoms with Gasteiger partial charge in [0.25, 0.3) is 0 Å². The molecule has 1 saturated carbocycles. The molecule has 0 N–H and O–H groups in total. The molecule has 1 saturated heterocycles. The van der Waals surface area contributed by atoms with Crippen molar-refractivity contribution in [3.8, 4) is 0 Å². The van der Waals surface area contributed by atoms with E-state index >= 15 is 0 Å². The second kappa shape index (κ2) is 8.49. The first kappa shape index (κ1) is 17.9. The van der Waals surface area contributed by atoms with Gasteiger partial charge in [0, 0.05) is 26.3 Å². The molecule has 2 heterocycles. The van der Waals surface area contributed by atoms with E-state index in [9.17, 15) is 9.59 Å². The number of methoxy groups -OCH3 is 1. The molecule has 0 unspecified atom stereocenters. The SMILES string of the molecule is COCC(=O)N(CC(=O)N(Cc1ccco1)C[C@@H]1CCCO1)C1CC1. The zero-order chi connectivity index (χ0) is 17.6. The average Bonchev–Trinajstić information content (AvgIpc) is 3.07. The topological polar surface area (TPSA) is 72.2 Å². The van der Waals surface area contributed by atoms with E-state index in [-0.39, 0.29) is 37.1 Å². The summed E-state index contributed by atoms with van der Waals surface area (Å²) in [4.78, 5) is 28.5. The van der Waals surface area contributed by atoms with Gasteiger partial charge in [-0.1, -0.05) is 0 Å². The zero-order valence-corrected chi connectivity index (χ0v) is 14.7. The van der Waals surface area contributed by atoms with Crippen LogP contribution in [0.3, 0.4) is 0 Å². The van der Waals surface area contributed by atoms with E-state index in [1.807, 2.05) is 12.1 Å². The largest absolute Gasteiger partial charge is 0.467 e. The van der Waals surface area contributed by atoms with Gasteiger partial charge >= 0.3 is 0 Å². The quantitative estimate of drug-likeness (QED) is 0.674. The monoisotopic (exact) mass is 350 g/mol. The van der Waals surface area contributed by atoms with Crippen LogP contribution in [0.25, 0.3) is 0 Å². The molecule has 1 aliphatic heterocycles. The van der Waals surface area contributed by atoms with E-state index in [1.165, 1.54) is 7.11 Å². The van der Waals surface area contributed by atoms with Gasteiger partial charge in [-0.05, 0) is 37.8 Å². The number of hydrogen-bond acceptors (Lipinski definition) is 5. The molecule has 0 spiro atoms. The lowest BCUT2D eigenvalue weighted by molar-refractivity contribution is -0.144. The van der Waals surface area contributed by atoms with Crippen LogP contribution in [0.15, 0.2) is 22.8 Å². The van der Waals surface area contributed by atoms with Crippen LogP contribution in [-0.4, -0.2) is 67.2 Å². The molecule has 7 nitrogen and oxygen atoms in total. The summed E-state index contributed by atoms with van der Waals surface area (Å²) in [6.45, 7) is 1.75. The van der Waals surface area contributed by atoms with Crippen molar-refractivity contribution in [2.75, 3.05) is 33.4 Å². The van der Waals surface area contributed by atoms with Gasteiger partial charge in [0.1, 0.15) is 18.9 Å². The molecule has 1 aromatic heterocycles. The highest BCUT2D eigenvalue weighted by Gasteiger charge is 2.35. The van der Waals surface area contributed by atoms with Crippen molar-refractivity contribution in [2.24, 2.45) is 0 Å². The molecule has 7 heteroatoms. The van der Waals surface area contributed by atoms with Crippen molar-refractivity contribution < 1.29 is 23.5 Å². The zero-order valence-electron chi connectivity index (χ0n) is 14.7. The highest BCUT2D eigenvalue weighted by molar-refractivity contribution is 5.86. The first-order valence-electron chi connectivity index (χ1n) is 8.87. The maximum Gasteiger partial charge on any atom is 0.249 e. The van der Waals surface area contributed by atoms with Crippen LogP contribution < -0.4 is 0 Å². The van der Waals surface area contributed by atoms with Gasteiger partial charge in [0.05, 0.1) is 18.9 Å². The summed E-state index contributed by atoms with van der Waals surface area (Å²) in [5.41, 5.74) is 0. The second-order valence-electron chi connectivity index (χ2n) is 6.67. The molecule has 0 aromatic carbocycles. The number of ether oxygens (including phenoxy) is 2. The molecule has 2 amide bonds. The third-order valence-corrected chi connectivity index (χ3v) is 4.61. The van der Waals surface area contributed by atoms with Gasteiger partial charge in [-0.2, -0.15) is 0 Å². The normalized spacial score (nSPS) is 19.8. The number of rotatable bonds is 9. The highest BCUT2D eigenvalue weighted by Crippen LogP contribution is 2.27. The van der Waals surface area contributed by atoms with E-state index in [1.54, 1.807) is 16.1 Å². The summed E-state index contributed by atoms with van der Waals surface area (Å²) < 4.78 is 16.0. The molecular formula is C18H26N2O5. The lowest BCUT2D eigenvalue weighted by Gasteiger charge is -2.28. The van der Waals surface area contributed by atoms with Crippen LogP contribution in [0, 0.1) is 0 Å². The van der Waals surface area contributed by atoms with E-state index in [2.05, 4.69) is 0 Å². The van der Waals surface area contributed by atoms with E-state index in [0.717, 1.165) is 38.1 Å². The van der Waals surface area contributed by atoms with Crippen molar-refractivity contribution in [2.45, 2.75) is 44.4 Å². The molecule has 0 bridgehead atoms. The summed E-state index contributed by atoms with van der Waals surface area (Å²) in [6.07, 6.45) is 5.54. The summed E-state index contributed by atoms with van der Waals surface area (Å²) in [5, 5.41) is 0. The standard InChI is InChI=1S/C18H26N2O5/c1-23-13-18(22)20(14-6-7-14)12-17(21)19(10-15-4-2-8-24-15)11-16-5-3-9-25-16/h2,4,8,14,16H,3,5-7,9-13H2,1H3/t16-/m0/s1. The van der Waals surface area contributed by atoms with Crippen LogP contribution in [0.1, 0.15) is 31.4 Å². The van der Waals surface area contributed by atoms with Gasteiger partial charge in [-0.15, -0.1) is 0 Å². The summed E-state index contributed by atoms with van der Waals surface area (Å²) in [7, 11) is 1.49. The summed E-state index contributed by atoms with van der Waals surface area (Å²) in [5.74, 6) is 0.518. The Bertz CT molecular complexity index is 564. The molecule has 1 aliphatic carbocycles. The first-order valence-corrected chi connectivity index (χ1v) is 8.87. The first-order chi connectivity index (χ1) is 12.2. The molecule has 1 aromatic rings. The Morgan fingerprint density at radius 1 is 1.28 bits per heavy atom. The lowest BCUT2D eigenvalue weighted by atomic mass is 10.2. The molecule has 138 valence electrons. The number of amides is 2. The van der Waals surface area contributed by atoms with E-state index in [4.69, 9.17) is 13.9 Å². The number of nitrogens with zero attached hydrogens (tertiary/aromatic N) is 2. The lowest BCUT2D eigenvalue weighted by Crippen LogP contribution is -2.46. The molecule has 2 aliphatic rings. The van der Waals surface area contributed by atoms with Gasteiger partial charge in [-0.3, -0.25) is 9.59 Å². The third kappa shape index (κ3) is 5.06. The van der Waals surface area contributed by atoms with Crippen LogP contribution in [0.2, 0.25) is 0 Å². The van der Waals surface area contributed by atoms with Crippen molar-refractivity contribution in [1.29, 1.82) is 0 Å². The molecule has 25 heavy (non-hydrogen) atoms. The number of furan rings is 1. The van der Waals surface area contributed by atoms with E-state index < -0.39 is 0 Å². The van der Waals surface area contributed by atoms with Gasteiger partial charge in [-0.25, -0.2) is 0 Å². The predicted octanol–water partition coefficient (Wildman–Crippen LogP) is 1.42. The molecule has 0 radical (unpaired) electrons. The van der Waals surface area contributed by atoms with Gasteiger partial charge < -0.3 is 23.7 Å². The van der Waals surface area contributed by atoms with Crippen LogP contribution in [-0.2, 0) is 25.6 Å². The number of carbonyl (C=O) groups is 2. The third-order valence-electron chi connectivity index (χ3n) is 4.61. The number of hydrogen-bond donors (Lipinski definition) is 0. The minimum Gasteiger partial charge on any atom is -0.467 e. The minimum absolute atomic E-state index is 0.00764. The van der Waals surface area contributed by atoms with Crippen molar-refractivity contribution in [1.82, 2.24) is 9.80 Å². The fraction of sp³-hybridized carbons (Fsp3) is 0.667. The molecule has 1 atom stereocenters. The fourth-order valence-electron chi connectivity index (χ4n) is 3.14. The Morgan fingerprint density at radius 2 is 2.12 bits per heavy atom. The maximum absolute atomic E-state index is 12.9. The van der Waals surface area contributed by atoms with Crippen LogP contribution in [0.4, 0.5) is 0 Å². The average molecular weight is 350 g/mol. The van der Waals surface area contributed by atoms with Gasteiger partial charge in [0.15, 0.2) is 0 Å². The van der Waals surface area contributed by atoms with Crippen molar-refractivity contribution >= 4 is 11.8 Å². The Kier molecular flexibility index (Phi) is 6.09. The maximum atomic E-state index is 12.9. The predicted molar refractivity (Wildman–Crippen MR) is 89.7 cm³/mol. The van der Waals surface area contributed by atoms with Crippen LogP contribution in [0.5, 0.6) is 0 Å². The summed E-state index contributed by atoms with van der Waals surface area (Å²) in [6, 6.07) is 3.83. The summed E-state index contributed by atoms with van der Waals surface area (Å²) >= 11 is 0. The fourth-order valence-corrected chi connectivity index (χ4v) is 3.14. The molecule has 2 fully saturated rings. The molecular weight excluding hydrogens is 324 g/mol. The number of carbonyl (C=O) groups excluding carboxylic acids is 2. The Hall–Kier alpha value is -1.86. The highest BCUT2D eigenvalue weighted by atomic mass is 16.5. The Morgan fingerprint density at radius 3 is 2.72 bits per heavy atom. The van der Waals surface area contributed by atoms with Crippen molar-refractivity contribution in [3.63, 3.8) is 0 Å². The van der Waals surface area contributed by atoms with Gasteiger partial charge in [0.2, 0.25) is 11.8 Å². The molecule has 3 rings (SSSR count). The smallest absolute Gasteiger partial charge is 0.249 e.